The molecule has 1 heterocycles. The van der Waals surface area contributed by atoms with Gasteiger partial charge in [0, 0.05) is 26.1 Å². The maximum absolute atomic E-state index is 11.8. The molecule has 0 bridgehead atoms. The van der Waals surface area contributed by atoms with E-state index in [0.717, 1.165) is 21.5 Å². The molecule has 1 aromatic heterocycles. The third-order valence-electron chi connectivity index (χ3n) is 3.81. The highest BCUT2D eigenvalue weighted by Crippen LogP contribution is 2.21. The lowest BCUT2D eigenvalue weighted by molar-refractivity contribution is 0.100. The van der Waals surface area contributed by atoms with Crippen LogP contribution < -0.4 is 5.73 Å². The van der Waals surface area contributed by atoms with Crippen LogP contribution in [0.3, 0.4) is 0 Å². The SMILES string of the molecule is CN(C)C(=O)n1nnc(Cc2ccc(-c3cccc(C(N)=O)c3)cc2)n1. The minimum atomic E-state index is -0.454. The van der Waals surface area contributed by atoms with Gasteiger partial charge in [-0.15, -0.1) is 10.2 Å². The number of primary amides is 1. The summed E-state index contributed by atoms with van der Waals surface area (Å²) in [5, 5.41) is 11.8. The van der Waals surface area contributed by atoms with Crippen molar-refractivity contribution in [2.45, 2.75) is 6.42 Å². The highest BCUT2D eigenvalue weighted by Gasteiger charge is 2.12. The summed E-state index contributed by atoms with van der Waals surface area (Å²) in [6.07, 6.45) is 0.461. The number of hydrogen-bond donors (Lipinski definition) is 1. The van der Waals surface area contributed by atoms with Crippen LogP contribution in [0, 0.1) is 0 Å². The Labute approximate surface area is 150 Å². The van der Waals surface area contributed by atoms with Gasteiger partial charge >= 0.3 is 6.03 Å². The molecule has 0 saturated carbocycles. The summed E-state index contributed by atoms with van der Waals surface area (Å²) >= 11 is 0. The molecule has 2 aromatic carbocycles. The van der Waals surface area contributed by atoms with Gasteiger partial charge in [-0.1, -0.05) is 41.2 Å². The molecule has 132 valence electrons. The monoisotopic (exact) mass is 350 g/mol. The molecule has 0 aliphatic carbocycles. The Morgan fingerprint density at radius 1 is 1.08 bits per heavy atom. The summed E-state index contributed by atoms with van der Waals surface area (Å²) in [6.45, 7) is 0. The van der Waals surface area contributed by atoms with Gasteiger partial charge < -0.3 is 10.6 Å². The molecule has 26 heavy (non-hydrogen) atoms. The third kappa shape index (κ3) is 3.75. The first-order valence-electron chi connectivity index (χ1n) is 7.94. The zero-order valence-electron chi connectivity index (χ0n) is 14.5. The molecular weight excluding hydrogens is 332 g/mol. The largest absolute Gasteiger partial charge is 0.366 e. The Kier molecular flexibility index (Phi) is 4.74. The van der Waals surface area contributed by atoms with Gasteiger partial charge in [-0.3, -0.25) is 4.79 Å². The number of benzene rings is 2. The predicted molar refractivity (Wildman–Crippen MR) is 95.5 cm³/mol. The van der Waals surface area contributed by atoms with E-state index in [-0.39, 0.29) is 6.03 Å². The summed E-state index contributed by atoms with van der Waals surface area (Å²) in [4.78, 5) is 25.4. The number of amides is 2. The van der Waals surface area contributed by atoms with E-state index in [1.807, 2.05) is 30.3 Å². The second kappa shape index (κ2) is 7.14. The Hall–Kier alpha value is -3.55. The van der Waals surface area contributed by atoms with E-state index in [4.69, 9.17) is 5.73 Å². The molecule has 0 radical (unpaired) electrons. The van der Waals surface area contributed by atoms with Crippen LogP contribution in [0.1, 0.15) is 21.7 Å². The zero-order chi connectivity index (χ0) is 18.7. The van der Waals surface area contributed by atoms with Crippen molar-refractivity contribution < 1.29 is 9.59 Å². The van der Waals surface area contributed by atoms with Gasteiger partial charge in [0.15, 0.2) is 5.82 Å². The molecule has 3 aromatic rings. The summed E-state index contributed by atoms with van der Waals surface area (Å²) in [5.41, 5.74) is 8.66. The third-order valence-corrected chi connectivity index (χ3v) is 3.81. The van der Waals surface area contributed by atoms with E-state index in [1.54, 1.807) is 32.3 Å². The fraction of sp³-hybridized carbons (Fsp3) is 0.167. The first-order valence-corrected chi connectivity index (χ1v) is 7.94. The van der Waals surface area contributed by atoms with E-state index in [1.165, 1.54) is 4.90 Å². The second-order valence-electron chi connectivity index (χ2n) is 5.99. The molecule has 0 aliphatic rings. The number of carbonyl (C=O) groups is 2. The lowest BCUT2D eigenvalue weighted by atomic mass is 10.0. The normalized spacial score (nSPS) is 10.5. The summed E-state index contributed by atoms with van der Waals surface area (Å²) in [5.74, 6) is 0.00794. The predicted octanol–water partition coefficient (Wildman–Crippen LogP) is 1.56. The minimum Gasteiger partial charge on any atom is -0.366 e. The number of nitrogens with two attached hydrogens (primary N) is 1. The van der Waals surface area contributed by atoms with Crippen LogP contribution in [0.4, 0.5) is 4.79 Å². The number of nitrogens with zero attached hydrogens (tertiary/aromatic N) is 5. The number of tetrazole rings is 1. The number of aromatic nitrogens is 4. The topological polar surface area (TPSA) is 107 Å². The van der Waals surface area contributed by atoms with Crippen LogP contribution >= 0.6 is 0 Å². The average Bonchev–Trinajstić information content (AvgIpc) is 3.10. The van der Waals surface area contributed by atoms with E-state index in [0.29, 0.717) is 17.8 Å². The fourth-order valence-electron chi connectivity index (χ4n) is 2.42. The van der Waals surface area contributed by atoms with Crippen LogP contribution in [-0.2, 0) is 6.42 Å². The molecule has 0 atom stereocenters. The van der Waals surface area contributed by atoms with Crippen LogP contribution in [0.2, 0.25) is 0 Å². The van der Waals surface area contributed by atoms with Crippen molar-refractivity contribution in [3.8, 4) is 11.1 Å². The van der Waals surface area contributed by atoms with E-state index < -0.39 is 5.91 Å². The molecule has 8 heteroatoms. The minimum absolute atomic E-state index is 0.353. The second-order valence-corrected chi connectivity index (χ2v) is 5.99. The van der Waals surface area contributed by atoms with E-state index in [2.05, 4.69) is 15.4 Å². The number of carbonyl (C=O) groups excluding carboxylic acids is 2. The first-order chi connectivity index (χ1) is 12.4. The van der Waals surface area contributed by atoms with Crippen LogP contribution in [0.15, 0.2) is 48.5 Å². The Morgan fingerprint density at radius 3 is 2.46 bits per heavy atom. The Balaban J connectivity index is 1.75. The zero-order valence-corrected chi connectivity index (χ0v) is 14.5. The van der Waals surface area contributed by atoms with Gasteiger partial charge in [0.05, 0.1) is 0 Å². The molecule has 2 amide bonds. The van der Waals surface area contributed by atoms with Gasteiger partial charge in [0.25, 0.3) is 0 Å². The maximum atomic E-state index is 11.8. The van der Waals surface area contributed by atoms with Crippen molar-refractivity contribution in [2.24, 2.45) is 5.73 Å². The van der Waals surface area contributed by atoms with Crippen molar-refractivity contribution in [2.75, 3.05) is 14.1 Å². The quantitative estimate of drug-likeness (QED) is 0.768. The Morgan fingerprint density at radius 2 is 1.81 bits per heavy atom. The van der Waals surface area contributed by atoms with Gasteiger partial charge in [-0.05, 0) is 34.0 Å². The summed E-state index contributed by atoms with van der Waals surface area (Å²) < 4.78 is 0. The van der Waals surface area contributed by atoms with Crippen molar-refractivity contribution in [3.63, 3.8) is 0 Å². The van der Waals surface area contributed by atoms with Crippen molar-refractivity contribution in [1.82, 2.24) is 25.1 Å². The molecule has 0 fully saturated rings. The maximum Gasteiger partial charge on any atom is 0.362 e. The Bertz CT molecular complexity index is 946. The molecule has 0 unspecified atom stereocenters. The van der Waals surface area contributed by atoms with Gasteiger partial charge in [0.1, 0.15) is 0 Å². The van der Waals surface area contributed by atoms with Crippen LogP contribution in [0.25, 0.3) is 11.1 Å². The highest BCUT2D eigenvalue weighted by atomic mass is 16.2. The van der Waals surface area contributed by atoms with Crippen molar-refractivity contribution >= 4 is 11.9 Å². The van der Waals surface area contributed by atoms with Gasteiger partial charge in [0.2, 0.25) is 5.91 Å². The molecule has 0 aliphatic heterocycles. The first kappa shape index (κ1) is 17.3. The number of rotatable bonds is 4. The smallest absolute Gasteiger partial charge is 0.362 e. The van der Waals surface area contributed by atoms with Crippen LogP contribution in [-0.4, -0.2) is 51.1 Å². The summed E-state index contributed by atoms with van der Waals surface area (Å²) in [6, 6.07) is 14.6. The van der Waals surface area contributed by atoms with Crippen LogP contribution in [0.5, 0.6) is 0 Å². The summed E-state index contributed by atoms with van der Waals surface area (Å²) in [7, 11) is 3.24. The van der Waals surface area contributed by atoms with Crippen molar-refractivity contribution in [1.29, 1.82) is 0 Å². The van der Waals surface area contributed by atoms with Crippen molar-refractivity contribution in [3.05, 3.63) is 65.5 Å². The molecule has 0 saturated heterocycles. The lowest BCUT2D eigenvalue weighted by Gasteiger charge is -2.06. The molecule has 8 nitrogen and oxygen atoms in total. The lowest BCUT2D eigenvalue weighted by Crippen LogP contribution is -2.29. The van der Waals surface area contributed by atoms with E-state index >= 15 is 0 Å². The molecule has 3 rings (SSSR count). The van der Waals surface area contributed by atoms with E-state index in [9.17, 15) is 9.59 Å². The molecule has 2 N–H and O–H groups in total. The molecule has 0 spiro atoms. The average molecular weight is 350 g/mol. The highest BCUT2D eigenvalue weighted by molar-refractivity contribution is 5.94. The fourth-order valence-corrected chi connectivity index (χ4v) is 2.42. The molecular formula is C18H18N6O2. The number of hydrogen-bond acceptors (Lipinski definition) is 5. The van der Waals surface area contributed by atoms with Gasteiger partial charge in [-0.2, -0.15) is 0 Å². The standard InChI is InChI=1S/C18H18N6O2/c1-23(2)18(26)24-21-16(20-22-24)10-12-6-8-13(9-7-12)14-4-3-5-15(11-14)17(19)25/h3-9,11H,10H2,1-2H3,(H2,19,25). The van der Waals surface area contributed by atoms with Gasteiger partial charge in [-0.25, -0.2) is 4.79 Å².